The molecule has 0 aliphatic heterocycles. The summed E-state index contributed by atoms with van der Waals surface area (Å²) in [6.45, 7) is 1.65. The van der Waals surface area contributed by atoms with E-state index >= 15 is 0 Å². The van der Waals surface area contributed by atoms with Gasteiger partial charge in [-0.1, -0.05) is 5.16 Å². The standard InChI is InChI=1S/C11H12N4O4/c1-6-3-14-19-9(6)10(16)15-8(11(17)18)2-7-4-12-5-13-7/h3-5,8H,2H2,1H3,(H,12,13)(H,15,16)(H,17,18). The zero-order chi connectivity index (χ0) is 13.8. The second-order valence-electron chi connectivity index (χ2n) is 3.98. The second kappa shape index (κ2) is 5.34. The van der Waals surface area contributed by atoms with Gasteiger partial charge in [-0.2, -0.15) is 0 Å². The minimum atomic E-state index is -1.14. The van der Waals surface area contributed by atoms with E-state index in [-0.39, 0.29) is 12.2 Å². The Balaban J connectivity index is 2.07. The number of aliphatic carboxylic acids is 1. The first-order valence-corrected chi connectivity index (χ1v) is 5.50. The van der Waals surface area contributed by atoms with E-state index in [2.05, 4.69) is 20.4 Å². The number of nitrogens with one attached hydrogen (secondary N) is 2. The third-order valence-corrected chi connectivity index (χ3v) is 2.54. The molecular weight excluding hydrogens is 252 g/mol. The molecule has 8 heteroatoms. The molecule has 0 bridgehead atoms. The number of rotatable bonds is 5. The highest BCUT2D eigenvalue weighted by Gasteiger charge is 2.24. The van der Waals surface area contributed by atoms with Gasteiger partial charge in [0.1, 0.15) is 6.04 Å². The summed E-state index contributed by atoms with van der Waals surface area (Å²) in [5.41, 5.74) is 1.16. The van der Waals surface area contributed by atoms with Crippen molar-refractivity contribution in [3.05, 3.63) is 35.7 Å². The number of nitrogens with zero attached hydrogens (tertiary/aromatic N) is 2. The van der Waals surface area contributed by atoms with Gasteiger partial charge in [-0.25, -0.2) is 9.78 Å². The van der Waals surface area contributed by atoms with E-state index in [0.29, 0.717) is 11.3 Å². The molecule has 0 saturated heterocycles. The van der Waals surface area contributed by atoms with Crippen molar-refractivity contribution < 1.29 is 19.2 Å². The Hall–Kier alpha value is -2.64. The van der Waals surface area contributed by atoms with E-state index in [1.807, 2.05) is 0 Å². The molecule has 0 aliphatic rings. The molecule has 1 atom stereocenters. The molecule has 100 valence electrons. The molecule has 19 heavy (non-hydrogen) atoms. The van der Waals surface area contributed by atoms with Crippen molar-refractivity contribution in [2.24, 2.45) is 0 Å². The van der Waals surface area contributed by atoms with E-state index < -0.39 is 17.9 Å². The number of carboxylic acids is 1. The maximum Gasteiger partial charge on any atom is 0.326 e. The fourth-order valence-electron chi connectivity index (χ4n) is 1.55. The van der Waals surface area contributed by atoms with Crippen LogP contribution in [0.1, 0.15) is 21.8 Å². The van der Waals surface area contributed by atoms with Gasteiger partial charge in [0.15, 0.2) is 0 Å². The molecule has 0 aromatic carbocycles. The number of hydrogen-bond donors (Lipinski definition) is 3. The lowest BCUT2D eigenvalue weighted by atomic mass is 10.1. The summed E-state index contributed by atoms with van der Waals surface area (Å²) in [6, 6.07) is -1.07. The van der Waals surface area contributed by atoms with Crippen LogP contribution in [0, 0.1) is 6.92 Å². The quantitative estimate of drug-likeness (QED) is 0.705. The first kappa shape index (κ1) is 12.8. The van der Waals surface area contributed by atoms with E-state index in [1.165, 1.54) is 18.7 Å². The molecule has 0 spiro atoms. The van der Waals surface area contributed by atoms with Crippen LogP contribution in [0.5, 0.6) is 0 Å². The van der Waals surface area contributed by atoms with Crippen LogP contribution in [0.25, 0.3) is 0 Å². The zero-order valence-electron chi connectivity index (χ0n) is 10.1. The molecule has 0 aliphatic carbocycles. The lowest BCUT2D eigenvalue weighted by molar-refractivity contribution is -0.139. The van der Waals surface area contributed by atoms with Crippen LogP contribution in [-0.2, 0) is 11.2 Å². The minimum Gasteiger partial charge on any atom is -0.480 e. The smallest absolute Gasteiger partial charge is 0.326 e. The first-order chi connectivity index (χ1) is 9.08. The van der Waals surface area contributed by atoms with Crippen LogP contribution in [-0.4, -0.2) is 38.1 Å². The van der Waals surface area contributed by atoms with Crippen LogP contribution in [0.2, 0.25) is 0 Å². The Morgan fingerprint density at radius 3 is 2.84 bits per heavy atom. The summed E-state index contributed by atoms with van der Waals surface area (Å²) in [4.78, 5) is 29.5. The number of aromatic amines is 1. The third kappa shape index (κ3) is 2.97. The number of H-pyrrole nitrogens is 1. The van der Waals surface area contributed by atoms with Crippen LogP contribution in [0.4, 0.5) is 0 Å². The average molecular weight is 264 g/mol. The molecule has 2 aromatic rings. The predicted molar refractivity (Wildman–Crippen MR) is 62.4 cm³/mol. The molecule has 0 fully saturated rings. The van der Waals surface area contributed by atoms with Gasteiger partial charge in [-0.15, -0.1) is 0 Å². The van der Waals surface area contributed by atoms with Crippen molar-refractivity contribution in [3.63, 3.8) is 0 Å². The molecule has 3 N–H and O–H groups in total. The van der Waals surface area contributed by atoms with Crippen LogP contribution in [0.15, 0.2) is 23.2 Å². The van der Waals surface area contributed by atoms with Gasteiger partial charge in [0.25, 0.3) is 5.91 Å². The van der Waals surface area contributed by atoms with Crippen molar-refractivity contribution in [3.8, 4) is 0 Å². The normalized spacial score (nSPS) is 12.1. The molecule has 0 radical (unpaired) electrons. The number of aryl methyl sites for hydroxylation is 1. The Labute approximate surface area is 107 Å². The van der Waals surface area contributed by atoms with Crippen molar-refractivity contribution in [1.82, 2.24) is 20.4 Å². The van der Waals surface area contributed by atoms with Crippen molar-refractivity contribution in [1.29, 1.82) is 0 Å². The van der Waals surface area contributed by atoms with Gasteiger partial charge in [0, 0.05) is 23.9 Å². The van der Waals surface area contributed by atoms with Gasteiger partial charge in [-0.05, 0) is 6.92 Å². The Morgan fingerprint density at radius 1 is 1.53 bits per heavy atom. The predicted octanol–water partition coefficient (Wildman–Crippen LogP) is 0.132. The Bertz CT molecular complexity index is 575. The summed E-state index contributed by atoms with van der Waals surface area (Å²) >= 11 is 0. The Kier molecular flexibility index (Phi) is 3.60. The van der Waals surface area contributed by atoms with Gasteiger partial charge in [0.2, 0.25) is 5.76 Å². The van der Waals surface area contributed by atoms with E-state index in [4.69, 9.17) is 9.63 Å². The molecule has 0 saturated carbocycles. The van der Waals surface area contributed by atoms with E-state index in [9.17, 15) is 9.59 Å². The number of amides is 1. The lowest BCUT2D eigenvalue weighted by Gasteiger charge is -2.12. The van der Waals surface area contributed by atoms with Crippen LogP contribution >= 0.6 is 0 Å². The highest BCUT2D eigenvalue weighted by molar-refractivity contribution is 5.95. The maximum atomic E-state index is 11.8. The molecule has 8 nitrogen and oxygen atoms in total. The first-order valence-electron chi connectivity index (χ1n) is 5.50. The van der Waals surface area contributed by atoms with Gasteiger partial charge >= 0.3 is 5.97 Å². The number of carbonyl (C=O) groups is 2. The monoisotopic (exact) mass is 264 g/mol. The van der Waals surface area contributed by atoms with Crippen LogP contribution in [0.3, 0.4) is 0 Å². The summed E-state index contributed by atoms with van der Waals surface area (Å²) in [5, 5.41) is 14.9. The van der Waals surface area contributed by atoms with Crippen LogP contribution < -0.4 is 5.32 Å². The topological polar surface area (TPSA) is 121 Å². The summed E-state index contributed by atoms with van der Waals surface area (Å²) in [5.74, 6) is -1.74. The molecule has 1 unspecified atom stereocenters. The SMILES string of the molecule is Cc1cnoc1C(=O)NC(Cc1cnc[nH]1)C(=O)O. The fraction of sp³-hybridized carbons (Fsp3) is 0.273. The van der Waals surface area contributed by atoms with Gasteiger partial charge in [-0.3, -0.25) is 4.79 Å². The highest BCUT2D eigenvalue weighted by atomic mass is 16.5. The Morgan fingerprint density at radius 2 is 2.32 bits per heavy atom. The molecular formula is C11H12N4O4. The highest BCUT2D eigenvalue weighted by Crippen LogP contribution is 2.07. The largest absolute Gasteiger partial charge is 0.480 e. The zero-order valence-corrected chi connectivity index (χ0v) is 10.1. The second-order valence-corrected chi connectivity index (χ2v) is 3.98. The van der Waals surface area contributed by atoms with Gasteiger partial charge in [0.05, 0.1) is 12.5 Å². The third-order valence-electron chi connectivity index (χ3n) is 2.54. The minimum absolute atomic E-state index is 0.0101. The van der Waals surface area contributed by atoms with E-state index in [0.717, 1.165) is 0 Å². The molecule has 2 heterocycles. The summed E-state index contributed by atoms with van der Waals surface area (Å²) < 4.78 is 4.77. The average Bonchev–Trinajstić information content (AvgIpc) is 2.99. The molecule has 2 aromatic heterocycles. The van der Waals surface area contributed by atoms with Gasteiger partial charge < -0.3 is 19.9 Å². The van der Waals surface area contributed by atoms with E-state index in [1.54, 1.807) is 6.92 Å². The fourth-order valence-corrected chi connectivity index (χ4v) is 1.55. The number of aromatic nitrogens is 3. The number of carboxylic acid groups (broad SMARTS) is 1. The van der Waals surface area contributed by atoms with Crippen molar-refractivity contribution >= 4 is 11.9 Å². The molecule has 2 rings (SSSR count). The summed E-state index contributed by atoms with van der Waals surface area (Å²) in [6.07, 6.45) is 4.44. The number of hydrogen-bond acceptors (Lipinski definition) is 5. The number of imidazole rings is 1. The molecule has 1 amide bonds. The maximum absolute atomic E-state index is 11.8. The summed E-state index contributed by atoms with van der Waals surface area (Å²) in [7, 11) is 0. The number of carbonyl (C=O) groups excluding carboxylic acids is 1. The van der Waals surface area contributed by atoms with Crippen molar-refractivity contribution in [2.75, 3.05) is 0 Å². The van der Waals surface area contributed by atoms with Crippen molar-refractivity contribution in [2.45, 2.75) is 19.4 Å². The lowest BCUT2D eigenvalue weighted by Crippen LogP contribution is -2.42.